The third-order valence-electron chi connectivity index (χ3n) is 5.18. The monoisotopic (exact) mass is 499 g/mol. The number of methoxy groups -OCH3 is 2. The number of anilines is 1. The summed E-state index contributed by atoms with van der Waals surface area (Å²) in [5.41, 5.74) is 14.1. The number of fused-ring (bicyclic) bond motifs is 3. The molecule has 184 valence electrons. The van der Waals surface area contributed by atoms with Gasteiger partial charge < -0.3 is 25.7 Å². The van der Waals surface area contributed by atoms with Gasteiger partial charge in [0.1, 0.15) is 18.2 Å². The van der Waals surface area contributed by atoms with E-state index in [0.717, 1.165) is 17.0 Å². The van der Waals surface area contributed by atoms with Crippen LogP contribution in [0.25, 0.3) is 32.9 Å². The van der Waals surface area contributed by atoms with Gasteiger partial charge in [-0.1, -0.05) is 0 Å². The number of hydrogen-bond donors (Lipinski definition) is 2. The second kappa shape index (κ2) is 9.86. The Morgan fingerprint density at radius 2 is 1.69 bits per heavy atom. The highest BCUT2D eigenvalue weighted by Crippen LogP contribution is 2.37. The van der Waals surface area contributed by atoms with Crippen molar-refractivity contribution in [1.29, 1.82) is 0 Å². The lowest BCUT2D eigenvalue weighted by Gasteiger charge is -2.14. The van der Waals surface area contributed by atoms with Crippen LogP contribution in [0.4, 0.5) is 5.82 Å². The molecule has 1 aromatic carbocycles. The van der Waals surface area contributed by atoms with E-state index < -0.39 is 16.2 Å². The van der Waals surface area contributed by atoms with Crippen LogP contribution in [-0.4, -0.2) is 63.1 Å². The van der Waals surface area contributed by atoms with Gasteiger partial charge in [-0.15, -0.1) is 0 Å². The van der Waals surface area contributed by atoms with Crippen molar-refractivity contribution in [2.45, 2.75) is 6.04 Å². The lowest BCUT2D eigenvalue weighted by atomic mass is 10.0. The molecule has 0 fully saturated rings. The summed E-state index contributed by atoms with van der Waals surface area (Å²) in [6.45, 7) is -0.157. The van der Waals surface area contributed by atoms with Gasteiger partial charge in [0.2, 0.25) is 0 Å². The van der Waals surface area contributed by atoms with E-state index in [1.54, 1.807) is 38.7 Å². The standard InChI is InChI=1S/C23H25N5O6S/c1-31-21-6-17-16-5-19(28-23(25)18(16)10-27-20(17)7-22(21)32-2)13-4-15(9-26-8-13)33-11-14(24)12-34-35(3,29)30/h4-10,14H,11-12,24H2,1-3H3,(H2,25,28). The number of benzene rings is 1. The second-order valence-corrected chi connectivity index (χ2v) is 9.45. The normalized spacial score (nSPS) is 12.6. The predicted octanol–water partition coefficient (Wildman–Crippen LogP) is 2.13. The molecule has 0 saturated carbocycles. The maximum Gasteiger partial charge on any atom is 0.264 e. The molecular weight excluding hydrogens is 474 g/mol. The minimum Gasteiger partial charge on any atom is -0.493 e. The Morgan fingerprint density at radius 1 is 0.943 bits per heavy atom. The first-order valence-corrected chi connectivity index (χ1v) is 12.3. The Labute approximate surface area is 202 Å². The summed E-state index contributed by atoms with van der Waals surface area (Å²) in [6, 6.07) is 6.65. The lowest BCUT2D eigenvalue weighted by molar-refractivity contribution is 0.224. The number of ether oxygens (including phenoxy) is 3. The first kappa shape index (κ1) is 24.4. The first-order valence-electron chi connectivity index (χ1n) is 10.5. The lowest BCUT2D eigenvalue weighted by Crippen LogP contribution is -2.33. The fourth-order valence-electron chi connectivity index (χ4n) is 3.51. The molecule has 0 saturated heterocycles. The molecule has 0 aliphatic heterocycles. The van der Waals surface area contributed by atoms with Gasteiger partial charge in [0.25, 0.3) is 10.1 Å². The molecule has 4 rings (SSSR count). The van der Waals surface area contributed by atoms with Crippen molar-refractivity contribution in [3.8, 4) is 28.5 Å². The van der Waals surface area contributed by atoms with Crippen LogP contribution in [0.3, 0.4) is 0 Å². The highest BCUT2D eigenvalue weighted by atomic mass is 32.2. The molecule has 0 bridgehead atoms. The maximum absolute atomic E-state index is 11.1. The van der Waals surface area contributed by atoms with Gasteiger partial charge in [-0.05, 0) is 23.6 Å². The molecule has 0 amide bonds. The van der Waals surface area contributed by atoms with Crippen LogP contribution in [0, 0.1) is 0 Å². The van der Waals surface area contributed by atoms with Crippen molar-refractivity contribution in [2.24, 2.45) is 5.73 Å². The van der Waals surface area contributed by atoms with Crippen LogP contribution in [-0.2, 0) is 14.3 Å². The molecule has 0 aliphatic carbocycles. The van der Waals surface area contributed by atoms with E-state index in [9.17, 15) is 8.42 Å². The molecular formula is C23H25N5O6S. The summed E-state index contributed by atoms with van der Waals surface area (Å²) in [5.74, 6) is 1.89. The molecule has 3 heterocycles. The Hall–Kier alpha value is -3.74. The number of hydrogen-bond acceptors (Lipinski definition) is 11. The number of aromatic nitrogens is 3. The molecule has 0 radical (unpaired) electrons. The average Bonchev–Trinajstić information content (AvgIpc) is 2.84. The molecule has 11 nitrogen and oxygen atoms in total. The molecule has 3 aromatic heterocycles. The molecule has 35 heavy (non-hydrogen) atoms. The van der Waals surface area contributed by atoms with Gasteiger partial charge in [0, 0.05) is 34.8 Å². The van der Waals surface area contributed by atoms with Gasteiger partial charge in [-0.25, -0.2) is 4.98 Å². The van der Waals surface area contributed by atoms with Crippen molar-refractivity contribution in [1.82, 2.24) is 15.0 Å². The van der Waals surface area contributed by atoms with Gasteiger partial charge in [0.15, 0.2) is 11.5 Å². The van der Waals surface area contributed by atoms with Gasteiger partial charge >= 0.3 is 0 Å². The van der Waals surface area contributed by atoms with E-state index in [2.05, 4.69) is 15.0 Å². The Bertz CT molecular complexity index is 1500. The maximum atomic E-state index is 11.1. The van der Waals surface area contributed by atoms with E-state index in [-0.39, 0.29) is 13.2 Å². The molecule has 1 atom stereocenters. The zero-order valence-corrected chi connectivity index (χ0v) is 20.2. The highest BCUT2D eigenvalue weighted by molar-refractivity contribution is 7.85. The Balaban J connectivity index is 1.67. The van der Waals surface area contributed by atoms with Crippen LogP contribution in [0.1, 0.15) is 0 Å². The summed E-state index contributed by atoms with van der Waals surface area (Å²) in [4.78, 5) is 13.2. The minimum absolute atomic E-state index is 0.0336. The SMILES string of the molecule is COc1cc2ncc3c(N)nc(-c4cncc(OCC(N)COS(C)(=O)=O)c4)cc3c2cc1OC. The van der Waals surface area contributed by atoms with Crippen molar-refractivity contribution in [3.05, 3.63) is 42.9 Å². The third kappa shape index (κ3) is 5.50. The van der Waals surface area contributed by atoms with E-state index in [0.29, 0.717) is 45.2 Å². The van der Waals surface area contributed by atoms with Crippen LogP contribution >= 0.6 is 0 Å². The van der Waals surface area contributed by atoms with E-state index in [4.69, 9.17) is 29.9 Å². The summed E-state index contributed by atoms with van der Waals surface area (Å²) < 4.78 is 43.5. The minimum atomic E-state index is -3.58. The van der Waals surface area contributed by atoms with Crippen molar-refractivity contribution in [2.75, 3.05) is 39.4 Å². The Kier molecular flexibility index (Phi) is 6.87. The molecule has 0 aliphatic rings. The quantitative estimate of drug-likeness (QED) is 0.256. The summed E-state index contributed by atoms with van der Waals surface area (Å²) in [7, 11) is -0.441. The third-order valence-corrected chi connectivity index (χ3v) is 5.75. The van der Waals surface area contributed by atoms with E-state index >= 15 is 0 Å². The zero-order chi connectivity index (χ0) is 25.2. The smallest absolute Gasteiger partial charge is 0.264 e. The van der Waals surface area contributed by atoms with Gasteiger partial charge in [-0.2, -0.15) is 8.42 Å². The largest absolute Gasteiger partial charge is 0.493 e. The number of nitrogens with two attached hydrogens (primary N) is 2. The van der Waals surface area contributed by atoms with Crippen molar-refractivity contribution < 1.29 is 26.8 Å². The van der Waals surface area contributed by atoms with Crippen molar-refractivity contribution >= 4 is 37.6 Å². The second-order valence-electron chi connectivity index (χ2n) is 7.81. The fourth-order valence-corrected chi connectivity index (χ4v) is 3.93. The molecule has 4 N–H and O–H groups in total. The van der Waals surface area contributed by atoms with Crippen LogP contribution in [0.2, 0.25) is 0 Å². The highest BCUT2D eigenvalue weighted by Gasteiger charge is 2.14. The summed E-state index contributed by atoms with van der Waals surface area (Å²) in [6.07, 6.45) is 5.80. The first-order chi connectivity index (χ1) is 16.7. The summed E-state index contributed by atoms with van der Waals surface area (Å²) >= 11 is 0. The van der Waals surface area contributed by atoms with Gasteiger partial charge in [0.05, 0.1) is 50.5 Å². The number of nitrogens with zero attached hydrogens (tertiary/aromatic N) is 3. The van der Waals surface area contributed by atoms with E-state index in [1.807, 2.05) is 12.1 Å². The topological polar surface area (TPSA) is 162 Å². The van der Waals surface area contributed by atoms with Crippen molar-refractivity contribution in [3.63, 3.8) is 0 Å². The molecule has 1 unspecified atom stereocenters. The average molecular weight is 500 g/mol. The van der Waals surface area contributed by atoms with E-state index in [1.165, 1.54) is 6.20 Å². The fraction of sp³-hybridized carbons (Fsp3) is 0.261. The summed E-state index contributed by atoms with van der Waals surface area (Å²) in [5, 5.41) is 2.36. The number of nitrogen functional groups attached to an aromatic ring is 1. The molecule has 12 heteroatoms. The molecule has 0 spiro atoms. The molecule has 4 aromatic rings. The number of pyridine rings is 3. The van der Waals surface area contributed by atoms with Gasteiger partial charge in [-0.3, -0.25) is 14.2 Å². The van der Waals surface area contributed by atoms with Crippen LogP contribution in [0.5, 0.6) is 17.2 Å². The zero-order valence-electron chi connectivity index (χ0n) is 19.4. The van der Waals surface area contributed by atoms with Crippen LogP contribution < -0.4 is 25.7 Å². The Morgan fingerprint density at radius 3 is 2.40 bits per heavy atom. The van der Waals surface area contributed by atoms with Crippen LogP contribution in [0.15, 0.2) is 42.9 Å². The predicted molar refractivity (Wildman–Crippen MR) is 132 cm³/mol. The number of rotatable bonds is 9.